The monoisotopic (exact) mass is 555 g/mol. The highest BCUT2D eigenvalue weighted by atomic mass is 35.5. The van der Waals surface area contributed by atoms with E-state index in [2.05, 4.69) is 10.3 Å². The lowest BCUT2D eigenvalue weighted by atomic mass is 10.1. The summed E-state index contributed by atoms with van der Waals surface area (Å²) in [4.78, 5) is 18.2. The van der Waals surface area contributed by atoms with Gasteiger partial charge in [-0.2, -0.15) is 0 Å². The maximum atomic E-state index is 13.7. The van der Waals surface area contributed by atoms with Gasteiger partial charge in [-0.25, -0.2) is 13.4 Å². The van der Waals surface area contributed by atoms with Gasteiger partial charge in [0.25, 0.3) is 5.56 Å². The summed E-state index contributed by atoms with van der Waals surface area (Å²) < 4.78 is 38.9. The quantitative estimate of drug-likeness (QED) is 0.310. The predicted octanol–water partition coefficient (Wildman–Crippen LogP) is 5.40. The molecule has 0 unspecified atom stereocenters. The van der Waals surface area contributed by atoms with E-state index in [9.17, 15) is 13.2 Å². The van der Waals surface area contributed by atoms with Gasteiger partial charge in [-0.1, -0.05) is 30.7 Å². The van der Waals surface area contributed by atoms with Gasteiger partial charge in [-0.15, -0.1) is 0 Å². The Morgan fingerprint density at radius 2 is 1.87 bits per heavy atom. The average Bonchev–Trinajstić information content (AvgIpc) is 3.24. The summed E-state index contributed by atoms with van der Waals surface area (Å²) in [5.74, 6) is 0.892. The first kappa shape index (κ1) is 26.5. The Morgan fingerprint density at radius 1 is 1.13 bits per heavy atom. The van der Waals surface area contributed by atoms with Crippen molar-refractivity contribution < 1.29 is 17.6 Å². The highest BCUT2D eigenvalue weighted by molar-refractivity contribution is 7.91. The SMILES string of the molecule is CCc1oc2ccc(Nc3ncc(CS(=O)(=O)C4CCOCC4)c(=O)n3Cc3ccc(Cl)cc3)cc2c1C. The minimum atomic E-state index is -3.54. The summed E-state index contributed by atoms with van der Waals surface area (Å²) in [6.45, 7) is 5.09. The lowest BCUT2D eigenvalue weighted by Crippen LogP contribution is -2.33. The molecular weight excluding hydrogens is 526 g/mol. The van der Waals surface area contributed by atoms with Crippen LogP contribution >= 0.6 is 11.6 Å². The van der Waals surface area contributed by atoms with Crippen LogP contribution in [0.2, 0.25) is 5.02 Å². The van der Waals surface area contributed by atoms with E-state index < -0.39 is 20.6 Å². The number of sulfone groups is 1. The molecule has 5 rings (SSSR count). The Hall–Kier alpha value is -3.14. The van der Waals surface area contributed by atoms with Crippen LogP contribution in [0.25, 0.3) is 11.0 Å². The smallest absolute Gasteiger partial charge is 0.259 e. The van der Waals surface area contributed by atoms with E-state index >= 15 is 0 Å². The Bertz CT molecular complexity index is 1620. The summed E-state index contributed by atoms with van der Waals surface area (Å²) >= 11 is 6.05. The number of aryl methyl sites for hydroxylation is 2. The number of anilines is 2. The highest BCUT2D eigenvalue weighted by Crippen LogP contribution is 2.29. The average molecular weight is 556 g/mol. The molecule has 200 valence electrons. The van der Waals surface area contributed by atoms with E-state index in [-0.39, 0.29) is 17.9 Å². The molecule has 3 heterocycles. The number of ether oxygens (including phenoxy) is 1. The van der Waals surface area contributed by atoms with Crippen molar-refractivity contribution in [2.24, 2.45) is 0 Å². The first-order valence-electron chi connectivity index (χ1n) is 12.7. The maximum Gasteiger partial charge on any atom is 0.259 e. The number of benzene rings is 2. The zero-order valence-corrected chi connectivity index (χ0v) is 22.9. The van der Waals surface area contributed by atoms with Gasteiger partial charge < -0.3 is 14.5 Å². The molecule has 2 aromatic carbocycles. The minimum Gasteiger partial charge on any atom is -0.461 e. The standard InChI is InChI=1S/C28H30ClN3O5S/c1-3-25-18(2)24-14-22(8-9-26(24)37-25)31-28-30-15-20(17-38(34,35)23-10-12-36-13-11-23)27(33)32(28)16-19-4-6-21(29)7-5-19/h4-9,14-15,23H,3,10-13,16-17H2,1-2H3,(H,30,31). The second kappa shape index (κ2) is 10.9. The minimum absolute atomic E-state index is 0.143. The van der Waals surface area contributed by atoms with E-state index in [0.717, 1.165) is 40.0 Å². The number of nitrogens with one attached hydrogen (secondary N) is 1. The lowest BCUT2D eigenvalue weighted by Gasteiger charge is -2.22. The number of aromatic nitrogens is 2. The highest BCUT2D eigenvalue weighted by Gasteiger charge is 2.29. The molecule has 0 amide bonds. The zero-order chi connectivity index (χ0) is 26.9. The molecule has 0 atom stereocenters. The van der Waals surface area contributed by atoms with Crippen molar-refractivity contribution in [2.75, 3.05) is 18.5 Å². The van der Waals surface area contributed by atoms with Crippen LogP contribution in [0.1, 0.15) is 42.2 Å². The number of furan rings is 1. The second-order valence-electron chi connectivity index (χ2n) is 9.58. The Balaban J connectivity index is 1.52. The van der Waals surface area contributed by atoms with Gasteiger partial charge >= 0.3 is 0 Å². The molecule has 0 aliphatic carbocycles. The van der Waals surface area contributed by atoms with Gasteiger partial charge in [-0.05, 0) is 61.2 Å². The molecule has 38 heavy (non-hydrogen) atoms. The van der Waals surface area contributed by atoms with Crippen molar-refractivity contribution in [2.45, 2.75) is 50.7 Å². The van der Waals surface area contributed by atoms with Crippen LogP contribution in [0.4, 0.5) is 11.6 Å². The van der Waals surface area contributed by atoms with Gasteiger partial charge in [-0.3, -0.25) is 9.36 Å². The van der Waals surface area contributed by atoms with Crippen molar-refractivity contribution >= 4 is 44.0 Å². The first-order chi connectivity index (χ1) is 18.2. The summed E-state index contributed by atoms with van der Waals surface area (Å²) in [5.41, 5.74) is 3.19. The molecule has 4 aromatic rings. The number of hydrogen-bond donors (Lipinski definition) is 1. The topological polar surface area (TPSA) is 103 Å². The summed E-state index contributed by atoms with van der Waals surface area (Å²) in [6.07, 6.45) is 3.04. The van der Waals surface area contributed by atoms with E-state index in [4.69, 9.17) is 20.8 Å². The molecule has 2 aromatic heterocycles. The third-order valence-corrected chi connectivity index (χ3v) is 9.47. The largest absolute Gasteiger partial charge is 0.461 e. The van der Waals surface area contributed by atoms with Crippen LogP contribution in [0.15, 0.2) is 57.9 Å². The lowest BCUT2D eigenvalue weighted by molar-refractivity contribution is 0.0983. The van der Waals surface area contributed by atoms with Gasteiger partial charge in [0.2, 0.25) is 5.95 Å². The summed E-state index contributed by atoms with van der Waals surface area (Å²) in [5, 5.41) is 4.32. The number of nitrogens with zero attached hydrogens (tertiary/aromatic N) is 2. The number of hydrogen-bond acceptors (Lipinski definition) is 7. The molecule has 1 saturated heterocycles. The van der Waals surface area contributed by atoms with Gasteiger partial charge in [0.05, 0.1) is 23.1 Å². The number of halogens is 1. The van der Waals surface area contributed by atoms with Crippen molar-refractivity contribution in [3.63, 3.8) is 0 Å². The van der Waals surface area contributed by atoms with E-state index in [1.165, 1.54) is 10.8 Å². The fraction of sp³-hybridized carbons (Fsp3) is 0.357. The second-order valence-corrected chi connectivity index (χ2v) is 12.3. The molecule has 0 radical (unpaired) electrons. The van der Waals surface area contributed by atoms with E-state index in [1.807, 2.05) is 44.2 Å². The molecule has 0 spiro atoms. The van der Waals surface area contributed by atoms with Gasteiger partial charge in [0.15, 0.2) is 9.84 Å². The first-order valence-corrected chi connectivity index (χ1v) is 14.8. The van der Waals surface area contributed by atoms with Crippen molar-refractivity contribution in [1.82, 2.24) is 9.55 Å². The van der Waals surface area contributed by atoms with Crippen molar-refractivity contribution in [1.29, 1.82) is 0 Å². The fourth-order valence-electron chi connectivity index (χ4n) is 4.84. The Kier molecular flexibility index (Phi) is 7.61. The number of fused-ring (bicyclic) bond motifs is 1. The van der Waals surface area contributed by atoms with Crippen LogP contribution < -0.4 is 10.9 Å². The zero-order valence-electron chi connectivity index (χ0n) is 21.4. The summed E-state index contributed by atoms with van der Waals surface area (Å²) in [6, 6.07) is 12.9. The molecule has 1 N–H and O–H groups in total. The van der Waals surface area contributed by atoms with Crippen LogP contribution in [0, 0.1) is 6.92 Å². The molecule has 10 heteroatoms. The van der Waals surface area contributed by atoms with Crippen molar-refractivity contribution in [3.05, 3.63) is 86.5 Å². The summed E-state index contributed by atoms with van der Waals surface area (Å²) in [7, 11) is -3.54. The Labute approximate surface area is 226 Å². The fourth-order valence-corrected chi connectivity index (χ4v) is 6.74. The Morgan fingerprint density at radius 3 is 2.58 bits per heavy atom. The van der Waals surface area contributed by atoms with Crippen molar-refractivity contribution in [3.8, 4) is 0 Å². The maximum absolute atomic E-state index is 13.7. The molecule has 1 aliphatic rings. The molecule has 0 saturated carbocycles. The van der Waals surface area contributed by atoms with E-state index in [0.29, 0.717) is 37.0 Å². The molecular formula is C28H30ClN3O5S. The third-order valence-electron chi connectivity index (χ3n) is 7.02. The van der Waals surface area contributed by atoms with E-state index in [1.54, 1.807) is 12.1 Å². The molecule has 1 aliphatic heterocycles. The third kappa shape index (κ3) is 5.50. The molecule has 1 fully saturated rings. The van der Waals surface area contributed by atoms with Gasteiger partial charge in [0, 0.05) is 41.9 Å². The van der Waals surface area contributed by atoms with Crippen LogP contribution in [0.3, 0.4) is 0 Å². The van der Waals surface area contributed by atoms with Crippen LogP contribution in [-0.2, 0) is 33.3 Å². The normalized spacial score (nSPS) is 14.7. The van der Waals surface area contributed by atoms with Crippen LogP contribution in [-0.4, -0.2) is 36.4 Å². The predicted molar refractivity (Wildman–Crippen MR) is 149 cm³/mol. The molecule has 8 nitrogen and oxygen atoms in total. The van der Waals surface area contributed by atoms with Gasteiger partial charge in [0.1, 0.15) is 11.3 Å². The molecule has 0 bridgehead atoms. The number of rotatable bonds is 8. The van der Waals surface area contributed by atoms with Crippen LogP contribution in [0.5, 0.6) is 0 Å².